The molecule has 1 fully saturated rings. The number of nitrogens with zero attached hydrogens (tertiary/aromatic N) is 2. The first kappa shape index (κ1) is 22.4. The van der Waals surface area contributed by atoms with Gasteiger partial charge in [0.25, 0.3) is 11.8 Å². The van der Waals surface area contributed by atoms with E-state index in [1.54, 1.807) is 30.5 Å². The van der Waals surface area contributed by atoms with Gasteiger partial charge in [-0.15, -0.1) is 12.4 Å². The van der Waals surface area contributed by atoms with Gasteiger partial charge < -0.3 is 25.8 Å². The summed E-state index contributed by atoms with van der Waals surface area (Å²) in [6, 6.07) is 12.1. The molecule has 0 radical (unpaired) electrons. The second kappa shape index (κ2) is 9.25. The average Bonchev–Trinajstić information content (AvgIpc) is 2.74. The number of aliphatic hydroxyl groups excluding tert-OH is 1. The van der Waals surface area contributed by atoms with E-state index in [0.29, 0.717) is 17.2 Å². The molecule has 0 saturated carbocycles. The topological polar surface area (TPSA) is 118 Å². The van der Waals surface area contributed by atoms with Crippen LogP contribution in [-0.4, -0.2) is 47.3 Å². The lowest BCUT2D eigenvalue weighted by molar-refractivity contribution is -0.150. The quantitative estimate of drug-likeness (QED) is 0.565. The van der Waals surface area contributed by atoms with E-state index in [0.717, 1.165) is 10.8 Å². The number of hydrogen-bond acceptors (Lipinski definition) is 6. The SMILES string of the molecule is Cl.Nc1nccc2cc(NC(=O)C(O)[C@H]3OCCN(c4ccc(F)cc4)C3=O)ccc12. The van der Waals surface area contributed by atoms with Crippen molar-refractivity contribution in [1.29, 1.82) is 0 Å². The molecule has 10 heteroatoms. The van der Waals surface area contributed by atoms with E-state index < -0.39 is 29.8 Å². The van der Waals surface area contributed by atoms with Crippen LogP contribution in [0.1, 0.15) is 0 Å². The fourth-order valence-electron chi connectivity index (χ4n) is 3.34. The van der Waals surface area contributed by atoms with Crippen molar-refractivity contribution in [3.05, 3.63) is 60.5 Å². The van der Waals surface area contributed by atoms with Gasteiger partial charge in [-0.2, -0.15) is 0 Å². The van der Waals surface area contributed by atoms with Crippen molar-refractivity contribution in [2.45, 2.75) is 12.2 Å². The number of carbonyl (C=O) groups excluding carboxylic acids is 2. The number of nitrogen functional groups attached to an aromatic ring is 1. The highest BCUT2D eigenvalue weighted by atomic mass is 35.5. The number of fused-ring (bicyclic) bond motifs is 1. The number of benzene rings is 2. The lowest BCUT2D eigenvalue weighted by Gasteiger charge is -2.34. The van der Waals surface area contributed by atoms with Gasteiger partial charge in [-0.05, 0) is 53.9 Å². The summed E-state index contributed by atoms with van der Waals surface area (Å²) in [4.78, 5) is 30.7. The van der Waals surface area contributed by atoms with E-state index >= 15 is 0 Å². The van der Waals surface area contributed by atoms with Gasteiger partial charge in [0, 0.05) is 29.5 Å². The number of amides is 2. The molecule has 8 nitrogen and oxygen atoms in total. The molecule has 0 aliphatic carbocycles. The third-order valence-corrected chi connectivity index (χ3v) is 4.88. The molecule has 2 atom stereocenters. The van der Waals surface area contributed by atoms with E-state index in [2.05, 4.69) is 10.3 Å². The molecule has 2 heterocycles. The highest BCUT2D eigenvalue weighted by molar-refractivity contribution is 6.04. The smallest absolute Gasteiger partial charge is 0.259 e. The first-order chi connectivity index (χ1) is 14.4. The molecule has 162 valence electrons. The molecule has 31 heavy (non-hydrogen) atoms. The zero-order valence-electron chi connectivity index (χ0n) is 16.2. The Morgan fingerprint density at radius 2 is 2.00 bits per heavy atom. The average molecular weight is 447 g/mol. The molecule has 4 rings (SSSR count). The number of nitrogens with one attached hydrogen (secondary N) is 1. The molecule has 4 N–H and O–H groups in total. The molecule has 1 saturated heterocycles. The Labute approximate surface area is 183 Å². The largest absolute Gasteiger partial charge is 0.383 e. The van der Waals surface area contributed by atoms with Crippen LogP contribution in [0.15, 0.2) is 54.7 Å². The lowest BCUT2D eigenvalue weighted by atomic mass is 10.1. The number of aromatic nitrogens is 1. The monoisotopic (exact) mass is 446 g/mol. The highest BCUT2D eigenvalue weighted by Crippen LogP contribution is 2.24. The molecule has 2 amide bonds. The fraction of sp³-hybridized carbons (Fsp3) is 0.190. The maximum atomic E-state index is 13.2. The van der Waals surface area contributed by atoms with Gasteiger partial charge in [0.05, 0.1) is 6.61 Å². The van der Waals surface area contributed by atoms with Crippen LogP contribution in [0.4, 0.5) is 21.6 Å². The van der Waals surface area contributed by atoms with E-state index in [4.69, 9.17) is 10.5 Å². The number of aliphatic hydroxyl groups is 1. The van der Waals surface area contributed by atoms with Gasteiger partial charge in [0.15, 0.2) is 12.2 Å². The molecule has 2 aromatic carbocycles. The number of morpholine rings is 1. The first-order valence-electron chi connectivity index (χ1n) is 9.26. The van der Waals surface area contributed by atoms with E-state index in [1.165, 1.54) is 29.2 Å². The van der Waals surface area contributed by atoms with Crippen molar-refractivity contribution in [3.63, 3.8) is 0 Å². The van der Waals surface area contributed by atoms with Crippen LogP contribution < -0.4 is 16.0 Å². The van der Waals surface area contributed by atoms with E-state index in [9.17, 15) is 19.1 Å². The first-order valence-corrected chi connectivity index (χ1v) is 9.26. The van der Waals surface area contributed by atoms with E-state index in [-0.39, 0.29) is 25.6 Å². The molecule has 3 aromatic rings. The summed E-state index contributed by atoms with van der Waals surface area (Å²) in [5.74, 6) is -1.42. The Balaban J connectivity index is 0.00000272. The lowest BCUT2D eigenvalue weighted by Crippen LogP contribution is -2.55. The summed E-state index contributed by atoms with van der Waals surface area (Å²) in [5.41, 5.74) is 6.71. The molecular weight excluding hydrogens is 427 g/mol. The van der Waals surface area contributed by atoms with Gasteiger partial charge >= 0.3 is 0 Å². The summed E-state index contributed by atoms with van der Waals surface area (Å²) >= 11 is 0. The predicted octanol–water partition coefficient (Wildman–Crippen LogP) is 2.11. The van der Waals surface area contributed by atoms with Gasteiger partial charge in [0.2, 0.25) is 0 Å². The van der Waals surface area contributed by atoms with Crippen LogP contribution in [0.25, 0.3) is 10.8 Å². The van der Waals surface area contributed by atoms with Crippen molar-refractivity contribution in [3.8, 4) is 0 Å². The number of hydrogen-bond donors (Lipinski definition) is 3. The minimum Gasteiger partial charge on any atom is -0.383 e. The van der Waals surface area contributed by atoms with Crippen LogP contribution >= 0.6 is 12.4 Å². The van der Waals surface area contributed by atoms with Gasteiger partial charge in [-0.1, -0.05) is 0 Å². The number of halogens is 2. The van der Waals surface area contributed by atoms with Crippen LogP contribution in [0.5, 0.6) is 0 Å². The van der Waals surface area contributed by atoms with E-state index in [1.807, 2.05) is 0 Å². The Bertz CT molecular complexity index is 1110. The number of nitrogens with two attached hydrogens (primary N) is 1. The summed E-state index contributed by atoms with van der Waals surface area (Å²) in [6.07, 6.45) is -1.54. The van der Waals surface area contributed by atoms with Crippen LogP contribution in [0.3, 0.4) is 0 Å². The Hall–Kier alpha value is -3.27. The Kier molecular flexibility index (Phi) is 6.69. The number of pyridine rings is 1. The second-order valence-electron chi connectivity index (χ2n) is 6.82. The molecule has 1 aliphatic heterocycles. The second-order valence-corrected chi connectivity index (χ2v) is 6.82. The normalized spacial score (nSPS) is 17.2. The maximum Gasteiger partial charge on any atom is 0.259 e. The summed E-state index contributed by atoms with van der Waals surface area (Å²) < 4.78 is 18.5. The highest BCUT2D eigenvalue weighted by Gasteiger charge is 2.39. The van der Waals surface area contributed by atoms with Crippen molar-refractivity contribution in [2.75, 3.05) is 29.1 Å². The molecule has 1 aliphatic rings. The third kappa shape index (κ3) is 4.58. The van der Waals surface area contributed by atoms with Crippen molar-refractivity contribution < 1.29 is 23.8 Å². The minimum atomic E-state index is -1.72. The van der Waals surface area contributed by atoms with Gasteiger partial charge in [-0.3, -0.25) is 9.59 Å². The summed E-state index contributed by atoms with van der Waals surface area (Å²) in [6.45, 7) is 0.357. The number of anilines is 3. The third-order valence-electron chi connectivity index (χ3n) is 4.88. The standard InChI is InChI=1S/C21H19FN4O4.ClH/c22-13-1-4-15(5-2-13)26-9-10-30-18(21(26)29)17(27)20(28)25-14-3-6-16-12(11-14)7-8-24-19(16)23;/h1-8,11,17-18,27H,9-10H2,(H2,23,24)(H,25,28);1H/t17?,18-;/m1./s1. The van der Waals surface area contributed by atoms with Crippen molar-refractivity contribution >= 4 is 52.2 Å². The zero-order chi connectivity index (χ0) is 21.3. The van der Waals surface area contributed by atoms with Crippen LogP contribution in [-0.2, 0) is 14.3 Å². The van der Waals surface area contributed by atoms with Gasteiger partial charge in [-0.25, -0.2) is 9.37 Å². The van der Waals surface area contributed by atoms with Crippen molar-refractivity contribution in [2.24, 2.45) is 0 Å². The number of rotatable bonds is 4. The summed E-state index contributed by atoms with van der Waals surface area (Å²) in [7, 11) is 0. The molecule has 0 spiro atoms. The summed E-state index contributed by atoms with van der Waals surface area (Å²) in [5, 5.41) is 14.5. The number of carbonyl (C=O) groups is 2. The predicted molar refractivity (Wildman–Crippen MR) is 117 cm³/mol. The molecule has 1 unspecified atom stereocenters. The molecule has 0 bridgehead atoms. The Morgan fingerprint density at radius 1 is 1.26 bits per heavy atom. The van der Waals surface area contributed by atoms with Crippen LogP contribution in [0.2, 0.25) is 0 Å². The minimum absolute atomic E-state index is 0. The number of ether oxygens (including phenoxy) is 1. The van der Waals surface area contributed by atoms with Crippen LogP contribution in [0, 0.1) is 5.82 Å². The zero-order valence-corrected chi connectivity index (χ0v) is 17.0. The van der Waals surface area contributed by atoms with Crippen molar-refractivity contribution in [1.82, 2.24) is 4.98 Å². The molecular formula is C21H20ClFN4O4. The van der Waals surface area contributed by atoms with Gasteiger partial charge in [0.1, 0.15) is 11.6 Å². The molecule has 1 aromatic heterocycles. The fourth-order valence-corrected chi connectivity index (χ4v) is 3.34. The maximum absolute atomic E-state index is 13.2. The Morgan fingerprint density at radius 3 is 2.74 bits per heavy atom.